The molecular formula is C22H21F3N4S. The van der Waals surface area contributed by atoms with Crippen LogP contribution in [0.1, 0.15) is 11.1 Å². The summed E-state index contributed by atoms with van der Waals surface area (Å²) in [4.78, 5) is 11.6. The minimum absolute atomic E-state index is 0.375. The zero-order valence-corrected chi connectivity index (χ0v) is 17.1. The number of fused-ring (bicyclic) bond motifs is 1. The first-order chi connectivity index (χ1) is 14.3. The van der Waals surface area contributed by atoms with Gasteiger partial charge in [-0.2, -0.15) is 13.2 Å². The Morgan fingerprint density at radius 2 is 1.87 bits per heavy atom. The number of imidazole rings is 1. The van der Waals surface area contributed by atoms with Crippen LogP contribution in [0.15, 0.2) is 54.6 Å². The average Bonchev–Trinajstić information content (AvgIpc) is 3.34. The van der Waals surface area contributed by atoms with E-state index in [4.69, 9.17) is 5.73 Å². The Morgan fingerprint density at radius 1 is 1.07 bits per heavy atom. The third kappa shape index (κ3) is 4.40. The lowest BCUT2D eigenvalue weighted by molar-refractivity contribution is -0.137. The van der Waals surface area contributed by atoms with E-state index in [1.807, 2.05) is 25.2 Å². The molecule has 0 unspecified atom stereocenters. The quantitative estimate of drug-likeness (QED) is 0.433. The van der Waals surface area contributed by atoms with Gasteiger partial charge < -0.3 is 15.6 Å². The number of hydrogen-bond acceptors (Lipinski definition) is 4. The van der Waals surface area contributed by atoms with Gasteiger partial charge in [0.05, 0.1) is 21.5 Å². The van der Waals surface area contributed by atoms with E-state index in [2.05, 4.69) is 33.1 Å². The van der Waals surface area contributed by atoms with Crippen molar-refractivity contribution in [2.75, 3.05) is 20.1 Å². The molecule has 0 saturated heterocycles. The molecule has 0 amide bonds. The van der Waals surface area contributed by atoms with Crippen LogP contribution in [-0.4, -0.2) is 35.0 Å². The van der Waals surface area contributed by atoms with Crippen LogP contribution in [-0.2, 0) is 12.7 Å². The van der Waals surface area contributed by atoms with Crippen molar-refractivity contribution < 1.29 is 13.2 Å². The van der Waals surface area contributed by atoms with E-state index in [9.17, 15) is 13.2 Å². The van der Waals surface area contributed by atoms with Gasteiger partial charge in [0.15, 0.2) is 0 Å². The van der Waals surface area contributed by atoms with E-state index in [0.29, 0.717) is 23.4 Å². The third-order valence-corrected chi connectivity index (χ3v) is 5.96. The van der Waals surface area contributed by atoms with Crippen LogP contribution < -0.4 is 5.73 Å². The Morgan fingerprint density at radius 3 is 2.63 bits per heavy atom. The molecule has 0 spiro atoms. The van der Waals surface area contributed by atoms with Gasteiger partial charge in [-0.25, -0.2) is 4.98 Å². The number of nitrogens with two attached hydrogens (primary N) is 1. The number of hydrogen-bond donors (Lipinski definition) is 2. The highest BCUT2D eigenvalue weighted by Gasteiger charge is 2.30. The van der Waals surface area contributed by atoms with Crippen molar-refractivity contribution in [2.45, 2.75) is 12.7 Å². The summed E-state index contributed by atoms with van der Waals surface area (Å²) in [6.45, 7) is 2.26. The minimum atomic E-state index is -4.38. The summed E-state index contributed by atoms with van der Waals surface area (Å²) in [5.41, 5.74) is 8.11. The first-order valence-electron chi connectivity index (χ1n) is 9.48. The Kier molecular flexibility index (Phi) is 5.64. The van der Waals surface area contributed by atoms with Crippen LogP contribution >= 0.6 is 11.3 Å². The number of halogens is 3. The van der Waals surface area contributed by atoms with Gasteiger partial charge in [0.2, 0.25) is 0 Å². The number of aromatic amines is 1. The number of aromatic nitrogens is 2. The summed E-state index contributed by atoms with van der Waals surface area (Å²) in [6.07, 6.45) is -4.38. The first kappa shape index (κ1) is 20.6. The molecule has 0 saturated carbocycles. The monoisotopic (exact) mass is 430 g/mol. The highest BCUT2D eigenvalue weighted by Crippen LogP contribution is 2.36. The predicted molar refractivity (Wildman–Crippen MR) is 115 cm³/mol. The Labute approximate surface area is 176 Å². The summed E-state index contributed by atoms with van der Waals surface area (Å²) >= 11 is 1.55. The minimum Gasteiger partial charge on any atom is -0.337 e. The number of H-pyrrole nitrogens is 1. The fraction of sp³-hybridized carbons (Fsp3) is 0.227. The number of rotatable bonds is 6. The highest BCUT2D eigenvalue weighted by atomic mass is 32.1. The van der Waals surface area contributed by atoms with Gasteiger partial charge in [0, 0.05) is 24.5 Å². The maximum atomic E-state index is 12.9. The Balaban J connectivity index is 1.60. The van der Waals surface area contributed by atoms with Gasteiger partial charge in [0.25, 0.3) is 0 Å². The third-order valence-electron chi connectivity index (χ3n) is 4.82. The van der Waals surface area contributed by atoms with Gasteiger partial charge in [-0.05, 0) is 54.6 Å². The predicted octanol–water partition coefficient (Wildman–Crippen LogP) is 5.37. The van der Waals surface area contributed by atoms with Crippen molar-refractivity contribution in [1.82, 2.24) is 14.9 Å². The molecule has 0 atom stereocenters. The zero-order valence-electron chi connectivity index (χ0n) is 16.3. The SMILES string of the molecule is CN(CCN)Cc1cccc(-c2ccc(-c3nc4ccc(C(F)(F)F)cc4[nH]3)s2)c1. The topological polar surface area (TPSA) is 57.9 Å². The van der Waals surface area contributed by atoms with Gasteiger partial charge in [-0.1, -0.05) is 18.2 Å². The number of likely N-dealkylation sites (N-methyl/N-ethyl adjacent to an activating group) is 1. The van der Waals surface area contributed by atoms with E-state index >= 15 is 0 Å². The summed E-state index contributed by atoms with van der Waals surface area (Å²) in [7, 11) is 2.04. The first-order valence-corrected chi connectivity index (χ1v) is 10.3. The second-order valence-corrected chi connectivity index (χ2v) is 8.29. The molecule has 0 aliphatic rings. The number of thiophene rings is 1. The molecule has 2 aromatic heterocycles. The molecule has 3 N–H and O–H groups in total. The molecule has 4 aromatic rings. The van der Waals surface area contributed by atoms with E-state index in [0.717, 1.165) is 40.5 Å². The summed E-state index contributed by atoms with van der Waals surface area (Å²) in [5, 5.41) is 0. The average molecular weight is 430 g/mol. The van der Waals surface area contributed by atoms with Crippen LogP contribution in [0.4, 0.5) is 13.2 Å². The zero-order chi connectivity index (χ0) is 21.3. The van der Waals surface area contributed by atoms with Crippen LogP contribution in [0.2, 0.25) is 0 Å². The second kappa shape index (κ2) is 8.22. The molecule has 156 valence electrons. The van der Waals surface area contributed by atoms with Crippen molar-refractivity contribution >= 4 is 22.4 Å². The smallest absolute Gasteiger partial charge is 0.337 e. The van der Waals surface area contributed by atoms with Crippen molar-refractivity contribution in [3.8, 4) is 21.1 Å². The van der Waals surface area contributed by atoms with Crippen LogP contribution in [0.5, 0.6) is 0 Å². The molecule has 0 radical (unpaired) electrons. The molecule has 0 bridgehead atoms. The molecular weight excluding hydrogens is 409 g/mol. The van der Waals surface area contributed by atoms with Gasteiger partial charge in [0.1, 0.15) is 5.82 Å². The molecule has 4 nitrogen and oxygen atoms in total. The van der Waals surface area contributed by atoms with Crippen molar-refractivity contribution in [2.24, 2.45) is 5.73 Å². The van der Waals surface area contributed by atoms with Crippen LogP contribution in [0.3, 0.4) is 0 Å². The molecule has 0 aliphatic carbocycles. The van der Waals surface area contributed by atoms with E-state index in [-0.39, 0.29) is 0 Å². The lowest BCUT2D eigenvalue weighted by Gasteiger charge is -2.15. The van der Waals surface area contributed by atoms with Crippen LogP contribution in [0.25, 0.3) is 32.2 Å². The molecule has 30 heavy (non-hydrogen) atoms. The summed E-state index contributed by atoms with van der Waals surface area (Å²) < 4.78 is 38.8. The van der Waals surface area contributed by atoms with E-state index < -0.39 is 11.7 Å². The maximum Gasteiger partial charge on any atom is 0.416 e. The fourth-order valence-electron chi connectivity index (χ4n) is 3.36. The van der Waals surface area contributed by atoms with Crippen molar-refractivity contribution in [3.63, 3.8) is 0 Å². The molecule has 8 heteroatoms. The number of nitrogens with one attached hydrogen (secondary N) is 1. The Hall–Kier alpha value is -2.68. The molecule has 0 aliphatic heterocycles. The standard InChI is InChI=1S/C22H21F3N4S/c1-29(10-9-26)13-14-3-2-4-15(11-14)19-7-8-20(30-19)21-27-17-6-5-16(22(23,24)25)12-18(17)28-21/h2-8,11-12H,9-10,13,26H2,1H3,(H,27,28). The summed E-state index contributed by atoms with van der Waals surface area (Å²) in [5.74, 6) is 0.569. The van der Waals surface area contributed by atoms with E-state index in [1.165, 1.54) is 11.6 Å². The molecule has 4 rings (SSSR count). The second-order valence-electron chi connectivity index (χ2n) is 7.21. The summed E-state index contributed by atoms with van der Waals surface area (Å²) in [6, 6.07) is 15.8. The lowest BCUT2D eigenvalue weighted by Crippen LogP contribution is -2.24. The fourth-order valence-corrected chi connectivity index (χ4v) is 4.30. The highest BCUT2D eigenvalue weighted by molar-refractivity contribution is 7.18. The Bertz CT molecular complexity index is 1160. The number of benzene rings is 2. The largest absolute Gasteiger partial charge is 0.416 e. The molecule has 2 aromatic carbocycles. The lowest BCUT2D eigenvalue weighted by atomic mass is 10.1. The van der Waals surface area contributed by atoms with Gasteiger partial charge >= 0.3 is 6.18 Å². The maximum absolute atomic E-state index is 12.9. The van der Waals surface area contributed by atoms with Crippen LogP contribution in [0, 0.1) is 0 Å². The van der Waals surface area contributed by atoms with Crippen molar-refractivity contribution in [1.29, 1.82) is 0 Å². The molecule has 0 fully saturated rings. The molecule has 2 heterocycles. The normalized spacial score (nSPS) is 12.2. The number of nitrogens with zero attached hydrogens (tertiary/aromatic N) is 2. The van der Waals surface area contributed by atoms with Gasteiger partial charge in [-0.3, -0.25) is 0 Å². The number of alkyl halides is 3. The van der Waals surface area contributed by atoms with Gasteiger partial charge in [-0.15, -0.1) is 11.3 Å². The van der Waals surface area contributed by atoms with Crippen molar-refractivity contribution in [3.05, 3.63) is 65.7 Å². The van der Waals surface area contributed by atoms with E-state index in [1.54, 1.807) is 11.3 Å².